The fourth-order valence-corrected chi connectivity index (χ4v) is 14.3. The average molecular weight is 941 g/mol. The summed E-state index contributed by atoms with van der Waals surface area (Å²) in [5.74, 6) is 0.0852. The lowest BCUT2D eigenvalue weighted by molar-refractivity contribution is 0.805. The van der Waals surface area contributed by atoms with Crippen molar-refractivity contribution in [3.05, 3.63) is 241 Å². The summed E-state index contributed by atoms with van der Waals surface area (Å²) < 4.78 is 0. The Bertz CT molecular complexity index is 4730. The molecule has 74 heavy (non-hydrogen) atoms. The van der Waals surface area contributed by atoms with Gasteiger partial charge in [-0.2, -0.15) is 0 Å². The van der Waals surface area contributed by atoms with Crippen LogP contribution >= 0.6 is 0 Å². The summed E-state index contributed by atoms with van der Waals surface area (Å²) >= 11 is 0. The van der Waals surface area contributed by atoms with Gasteiger partial charge in [0.05, 0.1) is 16.6 Å². The van der Waals surface area contributed by atoms with Gasteiger partial charge in [0.25, 0.3) is 0 Å². The first-order chi connectivity index (χ1) is 36.8. The predicted octanol–water partition coefficient (Wildman–Crippen LogP) is 17.6. The van der Waals surface area contributed by atoms with Crippen LogP contribution in [0.4, 0.5) is 5.69 Å². The molecule has 3 aromatic heterocycles. The minimum Gasteiger partial charge on any atom is -0.384 e. The number of aryl methyl sites for hydroxylation is 1. The molecular weight excluding hydrogens is 897 g/mol. The molecule has 0 saturated carbocycles. The summed E-state index contributed by atoms with van der Waals surface area (Å²) in [4.78, 5) is 15.2. The highest BCUT2D eigenvalue weighted by molar-refractivity contribution is 6.34. The van der Waals surface area contributed by atoms with Crippen molar-refractivity contribution in [1.29, 1.82) is 0 Å². The minimum atomic E-state index is 0.0326. The van der Waals surface area contributed by atoms with Gasteiger partial charge in [-0.25, -0.2) is 0 Å². The maximum Gasteiger partial charge on any atom is 0.0780 e. The van der Waals surface area contributed by atoms with Crippen LogP contribution in [0.3, 0.4) is 0 Å². The second-order valence-corrected chi connectivity index (χ2v) is 20.7. The number of hydrogen-bond acceptors (Lipinski definition) is 4. The molecule has 4 heterocycles. The van der Waals surface area contributed by atoms with Gasteiger partial charge in [0, 0.05) is 92.2 Å². The Labute approximate surface area is 427 Å². The molecule has 2 unspecified atom stereocenters. The molecule has 0 spiro atoms. The lowest BCUT2D eigenvalue weighted by Crippen LogP contribution is -2.14. The fraction of sp³-hybridized carbons (Fsp3) is 0.0714. The normalized spacial score (nSPS) is 16.2. The van der Waals surface area contributed by atoms with Crippen molar-refractivity contribution in [2.45, 2.75) is 24.7 Å². The van der Waals surface area contributed by atoms with Crippen molar-refractivity contribution in [2.24, 2.45) is 0 Å². The summed E-state index contributed by atoms with van der Waals surface area (Å²) in [6, 6.07) is 68.3. The van der Waals surface area contributed by atoms with Gasteiger partial charge in [-0.05, 0) is 136 Å². The minimum absolute atomic E-state index is 0.0326. The van der Waals surface area contributed by atoms with Gasteiger partial charge in [0.15, 0.2) is 0 Å². The van der Waals surface area contributed by atoms with E-state index in [2.05, 4.69) is 187 Å². The molecule has 4 aliphatic rings. The highest BCUT2D eigenvalue weighted by Crippen LogP contribution is 2.64. The largest absolute Gasteiger partial charge is 0.384 e. The molecule has 344 valence electrons. The molecule has 1 aliphatic heterocycles. The van der Waals surface area contributed by atoms with Gasteiger partial charge < -0.3 is 5.32 Å². The van der Waals surface area contributed by atoms with E-state index < -0.39 is 0 Å². The molecule has 0 amide bonds. The van der Waals surface area contributed by atoms with E-state index in [0.717, 1.165) is 57.7 Å². The lowest BCUT2D eigenvalue weighted by Gasteiger charge is -2.31. The van der Waals surface area contributed by atoms with Crippen LogP contribution in [0.5, 0.6) is 0 Å². The van der Waals surface area contributed by atoms with Crippen molar-refractivity contribution >= 4 is 92.6 Å². The number of benzene rings is 10. The number of anilines is 1. The third-order valence-corrected chi connectivity index (χ3v) is 17.2. The summed E-state index contributed by atoms with van der Waals surface area (Å²) in [5.41, 5.74) is 23.6. The second-order valence-electron chi connectivity index (χ2n) is 20.7. The number of rotatable bonds is 4. The number of pyridine rings is 3. The summed E-state index contributed by atoms with van der Waals surface area (Å²) in [7, 11) is 0. The van der Waals surface area contributed by atoms with E-state index in [1.807, 2.05) is 30.7 Å². The highest BCUT2D eigenvalue weighted by Gasteiger charge is 2.43. The number of para-hydroxylation sites is 4. The molecule has 4 heteroatoms. The molecule has 1 N–H and O–H groups in total. The molecule has 10 aromatic carbocycles. The Morgan fingerprint density at radius 1 is 0.365 bits per heavy atom. The van der Waals surface area contributed by atoms with Gasteiger partial charge in [-0.15, -0.1) is 0 Å². The monoisotopic (exact) mass is 940 g/mol. The molecule has 17 rings (SSSR count). The van der Waals surface area contributed by atoms with E-state index in [9.17, 15) is 0 Å². The number of allylic oxidation sites excluding steroid dienone is 4. The molecular formula is C70H44N4. The van der Waals surface area contributed by atoms with Crippen LogP contribution in [-0.4, -0.2) is 21.5 Å². The Morgan fingerprint density at radius 2 is 0.865 bits per heavy atom. The van der Waals surface area contributed by atoms with Gasteiger partial charge in [0.1, 0.15) is 0 Å². The topological polar surface area (TPSA) is 50.7 Å². The number of fused-ring (bicyclic) bond motifs is 14. The van der Waals surface area contributed by atoms with Crippen molar-refractivity contribution in [3.63, 3.8) is 0 Å². The summed E-state index contributed by atoms with van der Waals surface area (Å²) in [5, 5.41) is 17.7. The number of nitrogens with zero attached hydrogens (tertiary/aromatic N) is 3. The zero-order chi connectivity index (χ0) is 48.2. The third kappa shape index (κ3) is 5.39. The third-order valence-electron chi connectivity index (χ3n) is 17.2. The van der Waals surface area contributed by atoms with E-state index in [-0.39, 0.29) is 11.8 Å². The Balaban J connectivity index is 1.00. The van der Waals surface area contributed by atoms with Crippen molar-refractivity contribution in [3.8, 4) is 44.5 Å². The number of aromatic nitrogens is 3. The molecule has 0 saturated heterocycles. The first-order valence-electron chi connectivity index (χ1n) is 26.1. The van der Waals surface area contributed by atoms with E-state index in [0.29, 0.717) is 0 Å². The molecule has 4 nitrogen and oxygen atoms in total. The molecule has 3 aliphatic carbocycles. The maximum atomic E-state index is 5.14. The van der Waals surface area contributed by atoms with Crippen molar-refractivity contribution in [2.75, 3.05) is 11.9 Å². The van der Waals surface area contributed by atoms with Crippen molar-refractivity contribution < 1.29 is 0 Å². The van der Waals surface area contributed by atoms with Crippen LogP contribution < -0.4 is 5.32 Å². The Kier molecular flexibility index (Phi) is 8.26. The standard InChI is InChI=1S/C70H44N4/c1-2-22-44-43(21-1)62(53-29-5-15-41-19-11-35-73-69(41)53)65-52-28-8-24-46-55-37-57-59-45(56(55)38-58(60(46)52)66(65)63(44)54-30-6-16-42-20-12-36-74-70(42)54)23-7-27-51(59)61-47(49-25-3-13-39-17-9-33-71-67(39)49)31-32-48(64(57)61)50-26-4-14-40-18-10-34-72-68(40)50/h1-10,12-18,20-34,36-38,61,64,73H,11,19,35H2. The molecule has 2 atom stereocenters. The second kappa shape index (κ2) is 15.1. The molecule has 0 fully saturated rings. The first-order valence-corrected chi connectivity index (χ1v) is 26.1. The van der Waals surface area contributed by atoms with E-state index >= 15 is 0 Å². The van der Waals surface area contributed by atoms with Crippen LogP contribution in [0.1, 0.15) is 46.1 Å². The van der Waals surface area contributed by atoms with Gasteiger partial charge in [-0.1, -0.05) is 164 Å². The van der Waals surface area contributed by atoms with Crippen LogP contribution in [-0.2, 0) is 6.42 Å². The first kappa shape index (κ1) is 40.4. The van der Waals surface area contributed by atoms with E-state index in [4.69, 9.17) is 15.0 Å². The maximum absolute atomic E-state index is 5.14. The SMILES string of the molecule is C1=C(c2cccc3cccnc23)C2c3cccc4c3c(cc3c5cccc6c5c(cc43)-c3c-6c(-c4cccc5c4NCCC5)c4ccccc4c3-c3cccc4cccnc34)C2C(c2cccc3cccnc23)=C1. The quantitative estimate of drug-likeness (QED) is 0.179. The van der Waals surface area contributed by atoms with Crippen LogP contribution in [0.15, 0.2) is 213 Å². The highest BCUT2D eigenvalue weighted by atomic mass is 14.9. The predicted molar refractivity (Wildman–Crippen MR) is 309 cm³/mol. The number of hydrogen-bond donors (Lipinski definition) is 1. The van der Waals surface area contributed by atoms with Crippen molar-refractivity contribution in [1.82, 2.24) is 15.0 Å². The lowest BCUT2D eigenvalue weighted by atomic mass is 9.71. The summed E-state index contributed by atoms with van der Waals surface area (Å²) in [6.45, 7) is 0.967. The summed E-state index contributed by atoms with van der Waals surface area (Å²) in [6.07, 6.45) is 12.8. The van der Waals surface area contributed by atoms with Crippen LogP contribution in [0.2, 0.25) is 0 Å². The average Bonchev–Trinajstić information content (AvgIpc) is 4.07. The Hall–Kier alpha value is -9.25. The van der Waals surface area contributed by atoms with E-state index in [1.54, 1.807) is 0 Å². The zero-order valence-electron chi connectivity index (χ0n) is 40.3. The van der Waals surface area contributed by atoms with Gasteiger partial charge >= 0.3 is 0 Å². The van der Waals surface area contributed by atoms with Crippen LogP contribution in [0, 0.1) is 0 Å². The van der Waals surface area contributed by atoms with Gasteiger partial charge in [0.2, 0.25) is 0 Å². The smallest absolute Gasteiger partial charge is 0.0780 e. The zero-order valence-corrected chi connectivity index (χ0v) is 40.3. The molecule has 0 radical (unpaired) electrons. The molecule has 0 bridgehead atoms. The fourth-order valence-electron chi connectivity index (χ4n) is 14.3. The van der Waals surface area contributed by atoms with Crippen LogP contribution in [0.25, 0.3) is 131 Å². The Morgan fingerprint density at radius 3 is 1.55 bits per heavy atom. The van der Waals surface area contributed by atoms with Gasteiger partial charge in [-0.3, -0.25) is 15.0 Å². The molecule has 13 aromatic rings. The number of nitrogens with one attached hydrogen (secondary N) is 1. The van der Waals surface area contributed by atoms with E-state index in [1.165, 1.54) is 127 Å².